The van der Waals surface area contributed by atoms with Crippen LogP contribution >= 0.6 is 0 Å². The summed E-state index contributed by atoms with van der Waals surface area (Å²) in [6.07, 6.45) is 2.04. The van der Waals surface area contributed by atoms with Gasteiger partial charge in [-0.15, -0.1) is 0 Å². The normalized spacial score (nSPS) is 25.9. The van der Waals surface area contributed by atoms with Gasteiger partial charge in [-0.3, -0.25) is 10.1 Å². The molecule has 2 rings (SSSR count). The van der Waals surface area contributed by atoms with E-state index in [9.17, 15) is 10.1 Å². The van der Waals surface area contributed by atoms with Gasteiger partial charge >= 0.3 is 0 Å². The fraction of sp³-hybridized carbons (Fsp3) is 0.600. The molecule has 1 heterocycles. The van der Waals surface area contributed by atoms with Gasteiger partial charge in [-0.2, -0.15) is 0 Å². The summed E-state index contributed by atoms with van der Waals surface area (Å²) in [5.74, 6) is 0. The lowest BCUT2D eigenvalue weighted by Gasteiger charge is -2.31. The molecule has 0 N–H and O–H groups in total. The maximum Gasteiger partial charge on any atom is 0.240 e. The first kappa shape index (κ1) is 14.9. The molecule has 1 aliphatic heterocycles. The molecule has 0 saturated carbocycles. The van der Waals surface area contributed by atoms with Crippen LogP contribution in [0.15, 0.2) is 30.3 Å². The maximum atomic E-state index is 11.1. The minimum absolute atomic E-state index is 0.149. The molecule has 1 aromatic carbocycles. The zero-order valence-corrected chi connectivity index (χ0v) is 11.9. The van der Waals surface area contributed by atoms with Crippen LogP contribution in [0.5, 0.6) is 0 Å². The Balaban J connectivity index is 2.12. The van der Waals surface area contributed by atoms with Gasteiger partial charge in [0.2, 0.25) is 6.04 Å². The minimum atomic E-state index is -0.807. The molecule has 0 spiro atoms. The van der Waals surface area contributed by atoms with Crippen LogP contribution in [0.2, 0.25) is 0 Å². The molecule has 1 aliphatic rings. The third-order valence-corrected chi connectivity index (χ3v) is 3.63. The highest BCUT2D eigenvalue weighted by Gasteiger charge is 2.33. The number of rotatable bonds is 5. The Kier molecular flexibility index (Phi) is 5.09. The second-order valence-corrected chi connectivity index (χ2v) is 5.30. The van der Waals surface area contributed by atoms with Crippen LogP contribution in [0.1, 0.15) is 44.8 Å². The number of benzene rings is 1. The molecule has 0 bridgehead atoms. The predicted molar refractivity (Wildman–Crippen MR) is 74.9 cm³/mol. The van der Waals surface area contributed by atoms with Crippen LogP contribution < -0.4 is 0 Å². The largest absolute Gasteiger partial charge is 0.350 e. The number of nitrogens with zero attached hydrogens (tertiary/aromatic N) is 1. The molecule has 110 valence electrons. The molecule has 20 heavy (non-hydrogen) atoms. The molecule has 0 radical (unpaired) electrons. The summed E-state index contributed by atoms with van der Waals surface area (Å²) in [6, 6.07) is 8.52. The van der Waals surface area contributed by atoms with Crippen molar-refractivity contribution >= 4 is 0 Å². The molecule has 1 fully saturated rings. The Morgan fingerprint density at radius 3 is 2.65 bits per heavy atom. The highest BCUT2D eigenvalue weighted by atomic mass is 16.7. The van der Waals surface area contributed by atoms with E-state index >= 15 is 0 Å². The van der Waals surface area contributed by atoms with Crippen molar-refractivity contribution in [3.8, 4) is 0 Å². The fourth-order valence-electron chi connectivity index (χ4n) is 2.45. The van der Waals surface area contributed by atoms with Crippen LogP contribution in [-0.2, 0) is 9.47 Å². The van der Waals surface area contributed by atoms with Crippen molar-refractivity contribution in [1.29, 1.82) is 0 Å². The quantitative estimate of drug-likeness (QED) is 0.612. The fourth-order valence-corrected chi connectivity index (χ4v) is 2.45. The van der Waals surface area contributed by atoms with E-state index in [2.05, 4.69) is 0 Å². The molecule has 0 amide bonds. The summed E-state index contributed by atoms with van der Waals surface area (Å²) in [6.45, 7) is 3.58. The van der Waals surface area contributed by atoms with Gasteiger partial charge in [0.25, 0.3) is 0 Å². The van der Waals surface area contributed by atoms with Gasteiger partial charge < -0.3 is 9.47 Å². The zero-order valence-electron chi connectivity index (χ0n) is 11.9. The lowest BCUT2D eigenvalue weighted by Crippen LogP contribution is -2.34. The van der Waals surface area contributed by atoms with Crippen molar-refractivity contribution in [2.24, 2.45) is 0 Å². The summed E-state index contributed by atoms with van der Waals surface area (Å²) < 4.78 is 11.6. The van der Waals surface area contributed by atoms with E-state index in [-0.39, 0.29) is 17.3 Å². The Morgan fingerprint density at radius 1 is 1.35 bits per heavy atom. The topological polar surface area (TPSA) is 61.6 Å². The minimum Gasteiger partial charge on any atom is -0.350 e. The molecular weight excluding hydrogens is 258 g/mol. The monoisotopic (exact) mass is 279 g/mol. The number of hydrogen-bond donors (Lipinski definition) is 0. The van der Waals surface area contributed by atoms with Gasteiger partial charge in [0, 0.05) is 11.8 Å². The van der Waals surface area contributed by atoms with Crippen LogP contribution in [0.3, 0.4) is 0 Å². The molecule has 1 saturated heterocycles. The molecule has 0 aliphatic carbocycles. The van der Waals surface area contributed by atoms with Crippen LogP contribution in [0, 0.1) is 10.1 Å². The number of ether oxygens (including phenoxy) is 2. The van der Waals surface area contributed by atoms with E-state index in [4.69, 9.17) is 9.47 Å². The lowest BCUT2D eigenvalue weighted by atomic mass is 10.0. The van der Waals surface area contributed by atoms with E-state index in [1.807, 2.05) is 37.3 Å². The zero-order chi connectivity index (χ0) is 14.5. The molecular formula is C15H21NO4. The maximum absolute atomic E-state index is 11.1. The molecule has 5 nitrogen and oxygen atoms in total. The average molecular weight is 279 g/mol. The number of hydrogen-bond acceptors (Lipinski definition) is 4. The summed E-state index contributed by atoms with van der Waals surface area (Å²) in [5, 5.41) is 11.1. The first-order valence-electron chi connectivity index (χ1n) is 7.07. The van der Waals surface area contributed by atoms with Crippen molar-refractivity contribution < 1.29 is 14.4 Å². The van der Waals surface area contributed by atoms with Gasteiger partial charge in [-0.05, 0) is 31.7 Å². The SMILES string of the molecule is CC1CCCC(OC(c2ccccc2)C(C)[N+](=O)[O-])O1. The van der Waals surface area contributed by atoms with Crippen molar-refractivity contribution in [2.75, 3.05) is 0 Å². The third-order valence-electron chi connectivity index (χ3n) is 3.63. The van der Waals surface area contributed by atoms with Crippen molar-refractivity contribution in [1.82, 2.24) is 0 Å². The van der Waals surface area contributed by atoms with Crippen LogP contribution in [0.4, 0.5) is 0 Å². The molecule has 5 heteroatoms. The highest BCUT2D eigenvalue weighted by molar-refractivity contribution is 5.18. The van der Waals surface area contributed by atoms with Crippen molar-refractivity contribution in [3.63, 3.8) is 0 Å². The second-order valence-electron chi connectivity index (χ2n) is 5.30. The Bertz CT molecular complexity index is 437. The Hall–Kier alpha value is -1.46. The Labute approximate surface area is 119 Å². The summed E-state index contributed by atoms with van der Waals surface area (Å²) >= 11 is 0. The first-order chi connectivity index (χ1) is 9.58. The standard InChI is InChI=1S/C15H21NO4/c1-11-7-6-10-14(19-11)20-15(12(2)16(17)18)13-8-4-3-5-9-13/h3-5,8-9,11-12,14-15H,6-7,10H2,1-2H3. The van der Waals surface area contributed by atoms with Gasteiger partial charge in [-0.25, -0.2) is 0 Å². The summed E-state index contributed by atoms with van der Waals surface area (Å²) in [4.78, 5) is 10.8. The van der Waals surface area contributed by atoms with E-state index in [1.54, 1.807) is 6.92 Å². The summed E-state index contributed by atoms with van der Waals surface area (Å²) in [5.41, 5.74) is 0.818. The molecule has 0 aromatic heterocycles. The van der Waals surface area contributed by atoms with Crippen LogP contribution in [0.25, 0.3) is 0 Å². The smallest absolute Gasteiger partial charge is 0.240 e. The predicted octanol–water partition coefficient (Wildman–Crippen LogP) is 3.32. The average Bonchev–Trinajstić information content (AvgIpc) is 2.45. The van der Waals surface area contributed by atoms with Gasteiger partial charge in [0.1, 0.15) is 0 Å². The van der Waals surface area contributed by atoms with E-state index < -0.39 is 12.1 Å². The van der Waals surface area contributed by atoms with E-state index in [0.717, 1.165) is 24.8 Å². The second kappa shape index (κ2) is 6.81. The Morgan fingerprint density at radius 2 is 2.05 bits per heavy atom. The molecule has 4 atom stereocenters. The summed E-state index contributed by atoms with van der Waals surface area (Å²) in [7, 11) is 0. The third kappa shape index (κ3) is 3.77. The highest BCUT2D eigenvalue weighted by Crippen LogP contribution is 2.29. The van der Waals surface area contributed by atoms with E-state index in [1.165, 1.54) is 0 Å². The van der Waals surface area contributed by atoms with Crippen LogP contribution in [-0.4, -0.2) is 23.4 Å². The molecule has 1 aromatic rings. The van der Waals surface area contributed by atoms with Gasteiger partial charge in [0.05, 0.1) is 6.10 Å². The van der Waals surface area contributed by atoms with Gasteiger partial charge in [0.15, 0.2) is 12.4 Å². The van der Waals surface area contributed by atoms with Crippen molar-refractivity contribution in [3.05, 3.63) is 46.0 Å². The molecule has 4 unspecified atom stereocenters. The number of nitro groups is 1. The lowest BCUT2D eigenvalue weighted by molar-refractivity contribution is -0.535. The van der Waals surface area contributed by atoms with Gasteiger partial charge in [-0.1, -0.05) is 30.3 Å². The van der Waals surface area contributed by atoms with Crippen molar-refractivity contribution in [2.45, 2.75) is 57.6 Å². The first-order valence-corrected chi connectivity index (χ1v) is 7.07. The van der Waals surface area contributed by atoms with E-state index in [0.29, 0.717) is 0 Å².